The smallest absolute Gasteiger partial charge is 0.0830 e. The van der Waals surface area contributed by atoms with E-state index in [1.165, 1.54) is 0 Å². The van der Waals surface area contributed by atoms with Crippen molar-refractivity contribution in [2.75, 3.05) is 39.5 Å². The van der Waals surface area contributed by atoms with E-state index in [1.807, 2.05) is 0 Å². The first-order valence-electron chi connectivity index (χ1n) is 3.60. The van der Waals surface area contributed by atoms with Crippen LogP contribution in [-0.4, -0.2) is 39.5 Å². The Kier molecular flexibility index (Phi) is 9.03. The van der Waals surface area contributed by atoms with Crippen LogP contribution in [0.1, 0.15) is 0 Å². The highest BCUT2D eigenvalue weighted by Gasteiger charge is 1.87. The van der Waals surface area contributed by atoms with Crippen LogP contribution in [0.15, 0.2) is 5.11 Å². The van der Waals surface area contributed by atoms with E-state index in [9.17, 15) is 0 Å². The monoisotopic (exact) mass is 161 g/mol. The summed E-state index contributed by atoms with van der Waals surface area (Å²) in [5.41, 5.74) is 11.6. The molecule has 5 nitrogen and oxygen atoms in total. The molecule has 0 aliphatic carbocycles. The van der Waals surface area contributed by atoms with E-state index in [0.29, 0.717) is 39.5 Å². The second kappa shape index (κ2) is 9.48. The molecule has 0 aromatic rings. The average molecular weight is 161 g/mol. The van der Waals surface area contributed by atoms with Crippen LogP contribution in [0, 0.1) is 5.53 Å². The van der Waals surface area contributed by atoms with Crippen LogP contribution in [0.2, 0.25) is 0 Å². The van der Waals surface area contributed by atoms with Crippen molar-refractivity contribution in [3.63, 3.8) is 0 Å². The second-order valence-corrected chi connectivity index (χ2v) is 1.90. The summed E-state index contributed by atoms with van der Waals surface area (Å²) in [6.07, 6.45) is 0. The quantitative estimate of drug-likeness (QED) is 0.388. The van der Waals surface area contributed by atoms with Crippen LogP contribution in [-0.2, 0) is 9.47 Å². The van der Waals surface area contributed by atoms with Crippen molar-refractivity contribution in [1.29, 1.82) is 5.53 Å². The molecule has 0 atom stereocenters. The fourth-order valence-electron chi connectivity index (χ4n) is 0.516. The van der Waals surface area contributed by atoms with Gasteiger partial charge >= 0.3 is 0 Å². The van der Waals surface area contributed by atoms with Crippen molar-refractivity contribution in [2.45, 2.75) is 0 Å². The van der Waals surface area contributed by atoms with Gasteiger partial charge in [-0.2, -0.15) is 5.11 Å². The maximum absolute atomic E-state index is 6.45. The summed E-state index contributed by atoms with van der Waals surface area (Å²) in [4.78, 5) is 0. The fourth-order valence-corrected chi connectivity index (χ4v) is 0.516. The first-order valence-corrected chi connectivity index (χ1v) is 3.60. The molecule has 0 aliphatic heterocycles. The lowest BCUT2D eigenvalue weighted by Crippen LogP contribution is -2.12. The molecule has 66 valence electrons. The van der Waals surface area contributed by atoms with Crippen LogP contribution >= 0.6 is 0 Å². The molecule has 11 heavy (non-hydrogen) atoms. The Hall–Kier alpha value is -0.520. The van der Waals surface area contributed by atoms with Gasteiger partial charge in [-0.3, -0.25) is 0 Å². The third kappa shape index (κ3) is 9.48. The van der Waals surface area contributed by atoms with E-state index >= 15 is 0 Å². The molecule has 0 fully saturated rings. The van der Waals surface area contributed by atoms with Gasteiger partial charge in [-0.25, -0.2) is 5.53 Å². The second-order valence-electron chi connectivity index (χ2n) is 1.90. The molecule has 0 bridgehead atoms. The highest BCUT2D eigenvalue weighted by atomic mass is 16.5. The molecule has 0 aliphatic rings. The van der Waals surface area contributed by atoms with Gasteiger partial charge in [-0.1, -0.05) is 0 Å². The largest absolute Gasteiger partial charge is 0.378 e. The third-order valence-corrected chi connectivity index (χ3v) is 0.982. The number of rotatable bonds is 8. The molecular weight excluding hydrogens is 146 g/mol. The van der Waals surface area contributed by atoms with Gasteiger partial charge in [0.05, 0.1) is 33.0 Å². The minimum Gasteiger partial charge on any atom is -0.378 e. The number of nitrogens with zero attached hydrogens (tertiary/aromatic N) is 1. The highest BCUT2D eigenvalue weighted by Crippen LogP contribution is 1.78. The Morgan fingerprint density at radius 2 is 1.73 bits per heavy atom. The molecule has 0 saturated carbocycles. The SMILES string of the molecule is N=NCCOCCOCCN. The van der Waals surface area contributed by atoms with Gasteiger partial charge in [0.2, 0.25) is 0 Å². The number of ether oxygens (including phenoxy) is 2. The van der Waals surface area contributed by atoms with E-state index in [1.54, 1.807) is 0 Å². The molecule has 0 rings (SSSR count). The summed E-state index contributed by atoms with van der Waals surface area (Å²) in [6.45, 7) is 3.16. The van der Waals surface area contributed by atoms with Crippen molar-refractivity contribution in [3.05, 3.63) is 0 Å². The van der Waals surface area contributed by atoms with Gasteiger partial charge < -0.3 is 15.2 Å². The molecule has 0 heterocycles. The zero-order chi connectivity index (χ0) is 8.36. The summed E-state index contributed by atoms with van der Waals surface area (Å²) in [7, 11) is 0. The van der Waals surface area contributed by atoms with E-state index in [-0.39, 0.29) is 0 Å². The van der Waals surface area contributed by atoms with Gasteiger partial charge in [0.1, 0.15) is 0 Å². The van der Waals surface area contributed by atoms with Crippen molar-refractivity contribution >= 4 is 0 Å². The summed E-state index contributed by atoms with van der Waals surface area (Å²) in [5.74, 6) is 0. The van der Waals surface area contributed by atoms with Crippen LogP contribution < -0.4 is 5.73 Å². The number of hydrogen-bond donors (Lipinski definition) is 2. The Morgan fingerprint density at radius 1 is 1.09 bits per heavy atom. The predicted molar refractivity (Wildman–Crippen MR) is 40.7 cm³/mol. The fraction of sp³-hybridized carbons (Fsp3) is 1.00. The van der Waals surface area contributed by atoms with Gasteiger partial charge in [0, 0.05) is 6.54 Å². The third-order valence-electron chi connectivity index (χ3n) is 0.982. The standard InChI is InChI=1S/C6H15N3O2/c7-1-3-10-5-6-11-4-2-9-8/h8H,1-7H2. The molecule has 0 unspecified atom stereocenters. The Balaban J connectivity index is 2.74. The van der Waals surface area contributed by atoms with Crippen molar-refractivity contribution in [3.8, 4) is 0 Å². The maximum Gasteiger partial charge on any atom is 0.0830 e. The summed E-state index contributed by atoms with van der Waals surface area (Å²) in [5, 5.41) is 3.13. The number of nitrogens with one attached hydrogen (secondary N) is 1. The Morgan fingerprint density at radius 3 is 2.27 bits per heavy atom. The summed E-state index contributed by atoms with van der Waals surface area (Å²) >= 11 is 0. The summed E-state index contributed by atoms with van der Waals surface area (Å²) in [6, 6.07) is 0. The van der Waals surface area contributed by atoms with Gasteiger partial charge in [0.25, 0.3) is 0 Å². The minimum atomic E-state index is 0.427. The molecule has 0 radical (unpaired) electrons. The molecule has 0 amide bonds. The van der Waals surface area contributed by atoms with E-state index in [0.717, 1.165) is 0 Å². The predicted octanol–water partition coefficient (Wildman–Crippen LogP) is 0.00927. The maximum atomic E-state index is 6.45. The first kappa shape index (κ1) is 10.5. The zero-order valence-electron chi connectivity index (χ0n) is 6.58. The van der Waals surface area contributed by atoms with Crippen molar-refractivity contribution in [2.24, 2.45) is 10.8 Å². The van der Waals surface area contributed by atoms with Crippen LogP contribution in [0.5, 0.6) is 0 Å². The lowest BCUT2D eigenvalue weighted by Gasteiger charge is -2.02. The van der Waals surface area contributed by atoms with Crippen LogP contribution in [0.4, 0.5) is 0 Å². The van der Waals surface area contributed by atoms with E-state index in [4.69, 9.17) is 20.7 Å². The topological polar surface area (TPSA) is 80.7 Å². The van der Waals surface area contributed by atoms with E-state index < -0.39 is 0 Å². The van der Waals surface area contributed by atoms with Gasteiger partial charge in [-0.15, -0.1) is 0 Å². The molecule has 0 aromatic heterocycles. The average Bonchev–Trinajstić information content (AvgIpc) is 2.03. The molecule has 3 N–H and O–H groups in total. The molecule has 0 aromatic carbocycles. The summed E-state index contributed by atoms with van der Waals surface area (Å²) < 4.78 is 10.1. The lowest BCUT2D eigenvalue weighted by molar-refractivity contribution is 0.0535. The minimum absolute atomic E-state index is 0.427. The Labute approximate surface area is 66.4 Å². The lowest BCUT2D eigenvalue weighted by atomic mass is 10.7. The van der Waals surface area contributed by atoms with Gasteiger partial charge in [0.15, 0.2) is 0 Å². The van der Waals surface area contributed by atoms with Crippen LogP contribution in [0.3, 0.4) is 0 Å². The zero-order valence-corrected chi connectivity index (χ0v) is 6.58. The van der Waals surface area contributed by atoms with Crippen molar-refractivity contribution in [1.82, 2.24) is 0 Å². The molecular formula is C6H15N3O2. The van der Waals surface area contributed by atoms with Crippen LogP contribution in [0.25, 0.3) is 0 Å². The molecule has 0 spiro atoms. The van der Waals surface area contributed by atoms with Gasteiger partial charge in [-0.05, 0) is 0 Å². The number of hydrogen-bond acceptors (Lipinski definition) is 5. The normalized spacial score (nSPS) is 9.91. The van der Waals surface area contributed by atoms with Crippen molar-refractivity contribution < 1.29 is 9.47 Å². The highest BCUT2D eigenvalue weighted by molar-refractivity contribution is 4.35. The molecule has 5 heteroatoms. The number of nitrogens with two attached hydrogens (primary N) is 1. The Bertz CT molecular complexity index is 89.9. The first-order chi connectivity index (χ1) is 5.41. The molecule has 0 saturated heterocycles. The van der Waals surface area contributed by atoms with E-state index in [2.05, 4.69) is 5.11 Å².